The topological polar surface area (TPSA) is 32.3 Å². The molecule has 3 nitrogen and oxygen atoms in total. The van der Waals surface area contributed by atoms with Gasteiger partial charge < -0.3 is 10.2 Å². The highest BCUT2D eigenvalue weighted by Gasteiger charge is 2.29. The molecule has 2 atom stereocenters. The Bertz CT molecular complexity index is 453. The first-order valence-electron chi connectivity index (χ1n) is 15.7. The monoisotopic (exact) mass is 478 g/mol. The number of hydrogen-bond donors (Lipinski definition) is 1. The van der Waals surface area contributed by atoms with E-state index in [1.165, 1.54) is 135 Å². The van der Waals surface area contributed by atoms with E-state index in [-0.39, 0.29) is 6.04 Å². The van der Waals surface area contributed by atoms with Gasteiger partial charge in [0.05, 0.1) is 6.04 Å². The van der Waals surface area contributed by atoms with Crippen molar-refractivity contribution in [3.8, 4) is 0 Å². The number of hydrogen-bond acceptors (Lipinski definition) is 2. The van der Waals surface area contributed by atoms with Gasteiger partial charge in [0.25, 0.3) is 0 Å². The molecule has 1 amide bonds. The summed E-state index contributed by atoms with van der Waals surface area (Å²) in [5.41, 5.74) is 0. The van der Waals surface area contributed by atoms with E-state index in [2.05, 4.69) is 31.0 Å². The van der Waals surface area contributed by atoms with Crippen LogP contribution in [0.15, 0.2) is 0 Å². The summed E-state index contributed by atoms with van der Waals surface area (Å²) in [6.07, 6.45) is 29.6. The molecule has 1 heterocycles. The van der Waals surface area contributed by atoms with E-state index in [0.717, 1.165) is 26.1 Å². The summed E-state index contributed by atoms with van der Waals surface area (Å²) in [5, 5.41) is 3.48. The molecular formula is C31H62N2O. The Labute approximate surface area is 214 Å². The maximum absolute atomic E-state index is 13.2. The van der Waals surface area contributed by atoms with E-state index in [1.54, 1.807) is 0 Å². The summed E-state index contributed by atoms with van der Waals surface area (Å²) < 4.78 is 0. The lowest BCUT2D eigenvalue weighted by atomic mass is 10.0. The normalized spacial score (nSPS) is 18.0. The Morgan fingerprint density at radius 2 is 0.971 bits per heavy atom. The molecule has 3 heteroatoms. The van der Waals surface area contributed by atoms with Gasteiger partial charge in [-0.05, 0) is 31.7 Å². The van der Waals surface area contributed by atoms with Gasteiger partial charge >= 0.3 is 0 Å². The Morgan fingerprint density at radius 1 is 0.618 bits per heavy atom. The van der Waals surface area contributed by atoms with Crippen LogP contribution >= 0.6 is 0 Å². The zero-order valence-electron chi connectivity index (χ0n) is 23.7. The number of nitrogens with zero attached hydrogens (tertiary/aromatic N) is 1. The second-order valence-electron chi connectivity index (χ2n) is 11.3. The third kappa shape index (κ3) is 17.0. The first-order valence-corrected chi connectivity index (χ1v) is 15.7. The summed E-state index contributed by atoms with van der Waals surface area (Å²) in [6.45, 7) is 9.78. The third-order valence-electron chi connectivity index (χ3n) is 7.77. The van der Waals surface area contributed by atoms with Gasteiger partial charge in [-0.3, -0.25) is 4.79 Å². The van der Waals surface area contributed by atoms with E-state index in [9.17, 15) is 4.79 Å². The number of carbonyl (C=O) groups excluding carboxylic acids is 1. The minimum Gasteiger partial charge on any atom is -0.341 e. The second-order valence-corrected chi connectivity index (χ2v) is 11.3. The summed E-state index contributed by atoms with van der Waals surface area (Å²) >= 11 is 0. The molecule has 34 heavy (non-hydrogen) atoms. The fraction of sp³-hybridized carbons (Fsp3) is 0.968. The molecule has 0 aromatic rings. The van der Waals surface area contributed by atoms with Crippen LogP contribution in [-0.2, 0) is 4.79 Å². The van der Waals surface area contributed by atoms with Crippen LogP contribution in [0.4, 0.5) is 0 Å². The van der Waals surface area contributed by atoms with Crippen molar-refractivity contribution in [2.24, 2.45) is 5.92 Å². The Hall–Kier alpha value is -0.570. The van der Waals surface area contributed by atoms with Gasteiger partial charge in [-0.25, -0.2) is 0 Å². The van der Waals surface area contributed by atoms with Gasteiger partial charge in [0.1, 0.15) is 0 Å². The zero-order chi connectivity index (χ0) is 24.7. The molecule has 1 aliphatic rings. The average molecular weight is 479 g/mol. The smallest absolute Gasteiger partial charge is 0.239 e. The molecule has 0 bridgehead atoms. The molecule has 0 radical (unpaired) electrons. The van der Waals surface area contributed by atoms with Crippen molar-refractivity contribution in [3.05, 3.63) is 0 Å². The quantitative estimate of drug-likeness (QED) is 0.140. The lowest BCUT2D eigenvalue weighted by molar-refractivity contribution is -0.133. The zero-order valence-corrected chi connectivity index (χ0v) is 23.7. The highest BCUT2D eigenvalue weighted by molar-refractivity contribution is 5.82. The fourth-order valence-corrected chi connectivity index (χ4v) is 5.41. The summed E-state index contributed by atoms with van der Waals surface area (Å²) in [4.78, 5) is 15.4. The van der Waals surface area contributed by atoms with E-state index >= 15 is 0 Å². The van der Waals surface area contributed by atoms with E-state index in [4.69, 9.17) is 0 Å². The van der Waals surface area contributed by atoms with Crippen LogP contribution in [0.3, 0.4) is 0 Å². The number of amides is 1. The molecule has 0 aromatic carbocycles. The van der Waals surface area contributed by atoms with Crippen LogP contribution in [0.5, 0.6) is 0 Å². The largest absolute Gasteiger partial charge is 0.341 e. The van der Waals surface area contributed by atoms with E-state index < -0.39 is 0 Å². The van der Waals surface area contributed by atoms with Crippen LogP contribution in [0.1, 0.15) is 162 Å². The number of nitrogens with one attached hydrogen (secondary N) is 1. The molecule has 0 spiro atoms. The van der Waals surface area contributed by atoms with Crippen molar-refractivity contribution in [1.82, 2.24) is 10.2 Å². The fourth-order valence-electron chi connectivity index (χ4n) is 5.41. The molecule has 1 saturated heterocycles. The minimum absolute atomic E-state index is 0.0748. The van der Waals surface area contributed by atoms with Crippen LogP contribution in [0.2, 0.25) is 0 Å². The molecule has 202 valence electrons. The third-order valence-corrected chi connectivity index (χ3v) is 7.77. The summed E-state index contributed by atoms with van der Waals surface area (Å²) in [6, 6.07) is 0.0748. The van der Waals surface area contributed by atoms with Crippen molar-refractivity contribution in [2.45, 2.75) is 168 Å². The van der Waals surface area contributed by atoms with Crippen LogP contribution in [-0.4, -0.2) is 36.5 Å². The highest BCUT2D eigenvalue weighted by Crippen LogP contribution is 2.17. The van der Waals surface area contributed by atoms with Crippen molar-refractivity contribution in [2.75, 3.05) is 19.6 Å². The SMILES string of the molecule is CCCCCCCCCCCCCN(CCCCCCCCCCCC)C(=O)[C@@H]1C[C@H](C)CN1. The van der Waals surface area contributed by atoms with Crippen molar-refractivity contribution < 1.29 is 4.79 Å². The van der Waals surface area contributed by atoms with Gasteiger partial charge in [0, 0.05) is 13.1 Å². The predicted octanol–water partition coefficient (Wildman–Crippen LogP) is 9.04. The number of carbonyl (C=O) groups is 1. The van der Waals surface area contributed by atoms with E-state index in [0.29, 0.717) is 11.8 Å². The Balaban J connectivity index is 2.15. The van der Waals surface area contributed by atoms with E-state index in [1.807, 2.05) is 0 Å². The van der Waals surface area contributed by atoms with Gasteiger partial charge in [0.15, 0.2) is 0 Å². The van der Waals surface area contributed by atoms with Gasteiger partial charge in [-0.15, -0.1) is 0 Å². The molecule has 0 saturated carbocycles. The molecule has 0 aromatic heterocycles. The lowest BCUT2D eigenvalue weighted by Crippen LogP contribution is -2.44. The Morgan fingerprint density at radius 3 is 1.29 bits per heavy atom. The molecule has 1 rings (SSSR count). The predicted molar refractivity (Wildman–Crippen MR) is 150 cm³/mol. The summed E-state index contributed by atoms with van der Waals surface area (Å²) in [5.74, 6) is 1.02. The molecule has 0 aliphatic carbocycles. The van der Waals surface area contributed by atoms with Gasteiger partial charge in [0.2, 0.25) is 5.91 Å². The first-order chi connectivity index (χ1) is 16.7. The molecule has 1 aliphatic heterocycles. The molecule has 0 unspecified atom stereocenters. The van der Waals surface area contributed by atoms with Crippen molar-refractivity contribution >= 4 is 5.91 Å². The van der Waals surface area contributed by atoms with Gasteiger partial charge in [-0.1, -0.05) is 143 Å². The van der Waals surface area contributed by atoms with Crippen molar-refractivity contribution in [1.29, 1.82) is 0 Å². The molecular weight excluding hydrogens is 416 g/mol. The Kier molecular flexibility index (Phi) is 21.2. The maximum atomic E-state index is 13.2. The van der Waals surface area contributed by atoms with Crippen molar-refractivity contribution in [3.63, 3.8) is 0 Å². The maximum Gasteiger partial charge on any atom is 0.239 e. The second kappa shape index (κ2) is 22.9. The standard InChI is InChI=1S/C31H62N2O/c1-4-6-8-10-12-14-16-18-20-22-24-26-33(31(34)30-27-29(3)28-32-30)25-23-21-19-17-15-13-11-9-7-5-2/h29-30,32H,4-28H2,1-3H3/t29-,30-/m0/s1. The van der Waals surface area contributed by atoms with Gasteiger partial charge in [-0.2, -0.15) is 0 Å². The lowest BCUT2D eigenvalue weighted by Gasteiger charge is -2.26. The number of unbranched alkanes of at least 4 members (excludes halogenated alkanes) is 19. The van der Waals surface area contributed by atoms with Crippen LogP contribution in [0, 0.1) is 5.92 Å². The highest BCUT2D eigenvalue weighted by atomic mass is 16.2. The average Bonchev–Trinajstić information content (AvgIpc) is 3.28. The minimum atomic E-state index is 0.0748. The summed E-state index contributed by atoms with van der Waals surface area (Å²) in [7, 11) is 0. The van der Waals surface area contributed by atoms with Crippen LogP contribution in [0.25, 0.3) is 0 Å². The van der Waals surface area contributed by atoms with Crippen LogP contribution < -0.4 is 5.32 Å². The molecule has 1 N–H and O–H groups in total. The number of rotatable bonds is 24. The molecule has 1 fully saturated rings. The first kappa shape index (κ1) is 31.5.